The van der Waals surface area contributed by atoms with Gasteiger partial charge in [0.15, 0.2) is 0 Å². The topological polar surface area (TPSA) is 36.4 Å². The average molecular weight is 292 g/mol. The molecule has 0 fully saturated rings. The van der Waals surface area contributed by atoms with Gasteiger partial charge in [0.25, 0.3) is 0 Å². The van der Waals surface area contributed by atoms with E-state index in [0.29, 0.717) is 6.54 Å². The lowest BCUT2D eigenvalue weighted by Crippen LogP contribution is -2.26. The lowest BCUT2D eigenvalue weighted by molar-refractivity contribution is 0.184. The summed E-state index contributed by atoms with van der Waals surface area (Å²) in [6.07, 6.45) is 3.66. The molecule has 2 aromatic carbocycles. The van der Waals surface area contributed by atoms with Gasteiger partial charge in [-0.25, -0.2) is 0 Å². The summed E-state index contributed by atoms with van der Waals surface area (Å²) in [5.74, 6) is 0. The standard InChI is InChI=1S/C19H20N2O/c22-11-10-21(15-17-4-3-9-20-13-17)14-16-7-8-18-5-1-2-6-19(18)12-16/h1-9,12-13,22H,10-11,14-15H2. The van der Waals surface area contributed by atoms with Crippen molar-refractivity contribution in [1.29, 1.82) is 0 Å². The number of aliphatic hydroxyl groups excluding tert-OH is 1. The number of hydrogen-bond acceptors (Lipinski definition) is 3. The lowest BCUT2D eigenvalue weighted by Gasteiger charge is -2.21. The monoisotopic (exact) mass is 292 g/mol. The van der Waals surface area contributed by atoms with Crippen LogP contribution in [0.1, 0.15) is 11.1 Å². The van der Waals surface area contributed by atoms with Gasteiger partial charge in [0.1, 0.15) is 0 Å². The Morgan fingerprint density at radius 1 is 0.864 bits per heavy atom. The van der Waals surface area contributed by atoms with Gasteiger partial charge in [-0.3, -0.25) is 9.88 Å². The molecule has 0 aliphatic rings. The maximum absolute atomic E-state index is 9.31. The molecule has 0 unspecified atom stereocenters. The summed E-state index contributed by atoms with van der Waals surface area (Å²) < 4.78 is 0. The number of rotatable bonds is 6. The number of nitrogens with zero attached hydrogens (tertiary/aromatic N) is 2. The number of benzene rings is 2. The van der Waals surface area contributed by atoms with Crippen LogP contribution in [0, 0.1) is 0 Å². The maximum Gasteiger partial charge on any atom is 0.0558 e. The van der Waals surface area contributed by atoms with Crippen molar-refractivity contribution in [2.45, 2.75) is 13.1 Å². The smallest absolute Gasteiger partial charge is 0.0558 e. The maximum atomic E-state index is 9.31. The van der Waals surface area contributed by atoms with Crippen LogP contribution in [0.5, 0.6) is 0 Å². The van der Waals surface area contributed by atoms with Crippen LogP contribution in [0.2, 0.25) is 0 Å². The van der Waals surface area contributed by atoms with Gasteiger partial charge in [0.05, 0.1) is 6.61 Å². The van der Waals surface area contributed by atoms with Gasteiger partial charge >= 0.3 is 0 Å². The molecule has 112 valence electrons. The van der Waals surface area contributed by atoms with Crippen LogP contribution in [0.25, 0.3) is 10.8 Å². The van der Waals surface area contributed by atoms with Crippen molar-refractivity contribution < 1.29 is 5.11 Å². The Bertz CT molecular complexity index is 728. The van der Waals surface area contributed by atoms with E-state index in [9.17, 15) is 5.11 Å². The van der Waals surface area contributed by atoms with Crippen molar-refractivity contribution >= 4 is 10.8 Å². The van der Waals surface area contributed by atoms with E-state index in [2.05, 4.69) is 58.4 Å². The summed E-state index contributed by atoms with van der Waals surface area (Å²) in [4.78, 5) is 6.39. The molecule has 0 amide bonds. The molecular weight excluding hydrogens is 272 g/mol. The molecule has 1 N–H and O–H groups in total. The van der Waals surface area contributed by atoms with Gasteiger partial charge in [0.2, 0.25) is 0 Å². The van der Waals surface area contributed by atoms with Crippen LogP contribution < -0.4 is 0 Å². The Hall–Kier alpha value is -2.23. The molecule has 0 spiro atoms. The minimum atomic E-state index is 0.161. The third-order valence-corrected chi connectivity index (χ3v) is 3.77. The van der Waals surface area contributed by atoms with E-state index in [1.54, 1.807) is 6.20 Å². The number of hydrogen-bond donors (Lipinski definition) is 1. The van der Waals surface area contributed by atoms with Gasteiger partial charge in [-0.2, -0.15) is 0 Å². The van der Waals surface area contributed by atoms with Crippen molar-refractivity contribution in [2.75, 3.05) is 13.2 Å². The van der Waals surface area contributed by atoms with Gasteiger partial charge < -0.3 is 5.11 Å². The fraction of sp³-hybridized carbons (Fsp3) is 0.211. The Morgan fingerprint density at radius 2 is 1.68 bits per heavy atom. The van der Waals surface area contributed by atoms with E-state index in [-0.39, 0.29) is 6.61 Å². The number of pyridine rings is 1. The van der Waals surface area contributed by atoms with Crippen molar-refractivity contribution in [3.8, 4) is 0 Å². The lowest BCUT2D eigenvalue weighted by atomic mass is 10.1. The van der Waals surface area contributed by atoms with Crippen molar-refractivity contribution in [3.63, 3.8) is 0 Å². The van der Waals surface area contributed by atoms with E-state index in [0.717, 1.165) is 18.7 Å². The second-order valence-corrected chi connectivity index (χ2v) is 5.48. The quantitative estimate of drug-likeness (QED) is 0.758. The summed E-state index contributed by atoms with van der Waals surface area (Å²) in [5.41, 5.74) is 2.42. The highest BCUT2D eigenvalue weighted by molar-refractivity contribution is 5.82. The normalized spacial score (nSPS) is 11.2. The molecular formula is C19H20N2O. The Labute approximate surface area is 130 Å². The number of fused-ring (bicyclic) bond motifs is 1. The summed E-state index contributed by atoms with van der Waals surface area (Å²) in [5, 5.41) is 11.8. The molecule has 0 radical (unpaired) electrons. The zero-order chi connectivity index (χ0) is 15.2. The minimum Gasteiger partial charge on any atom is -0.395 e. The fourth-order valence-corrected chi connectivity index (χ4v) is 2.70. The molecule has 1 aromatic heterocycles. The van der Waals surface area contributed by atoms with Crippen molar-refractivity contribution in [3.05, 3.63) is 78.1 Å². The molecule has 3 aromatic rings. The summed E-state index contributed by atoms with van der Waals surface area (Å²) in [7, 11) is 0. The van der Waals surface area contributed by atoms with Crippen molar-refractivity contribution in [2.24, 2.45) is 0 Å². The van der Waals surface area contributed by atoms with Crippen LogP contribution in [0.3, 0.4) is 0 Å². The molecule has 3 heteroatoms. The zero-order valence-electron chi connectivity index (χ0n) is 12.5. The predicted octanol–water partition coefficient (Wildman–Crippen LogP) is 3.23. The van der Waals surface area contributed by atoms with Crippen LogP contribution in [-0.4, -0.2) is 28.1 Å². The highest BCUT2D eigenvalue weighted by Crippen LogP contribution is 2.17. The first-order valence-corrected chi connectivity index (χ1v) is 7.55. The molecule has 3 nitrogen and oxygen atoms in total. The SMILES string of the molecule is OCCN(Cc1cccnc1)Cc1ccc2ccccc2c1. The first kappa shape index (κ1) is 14.7. The largest absolute Gasteiger partial charge is 0.395 e. The predicted molar refractivity (Wildman–Crippen MR) is 89.4 cm³/mol. The molecule has 1 heterocycles. The molecule has 0 aliphatic carbocycles. The highest BCUT2D eigenvalue weighted by Gasteiger charge is 2.07. The summed E-state index contributed by atoms with van der Waals surface area (Å²) >= 11 is 0. The molecule has 0 saturated carbocycles. The Kier molecular flexibility index (Phi) is 4.78. The van der Waals surface area contributed by atoms with E-state index >= 15 is 0 Å². The first-order valence-electron chi connectivity index (χ1n) is 7.55. The second-order valence-electron chi connectivity index (χ2n) is 5.48. The molecule has 0 aliphatic heterocycles. The minimum absolute atomic E-state index is 0.161. The number of aliphatic hydroxyl groups is 1. The van der Waals surface area contributed by atoms with Crippen LogP contribution in [0.15, 0.2) is 67.0 Å². The summed E-state index contributed by atoms with van der Waals surface area (Å²) in [6, 6.07) is 18.9. The molecule has 0 saturated heterocycles. The number of aromatic nitrogens is 1. The van der Waals surface area contributed by atoms with Gasteiger partial charge in [-0.1, -0.05) is 42.5 Å². The average Bonchev–Trinajstić information content (AvgIpc) is 2.56. The Morgan fingerprint density at radius 3 is 2.45 bits per heavy atom. The van der Waals surface area contributed by atoms with Gasteiger partial charge in [-0.15, -0.1) is 0 Å². The van der Waals surface area contributed by atoms with E-state index in [1.807, 2.05) is 12.3 Å². The molecule has 22 heavy (non-hydrogen) atoms. The second kappa shape index (κ2) is 7.16. The van der Waals surface area contributed by atoms with Gasteiger partial charge in [0, 0.05) is 32.0 Å². The van der Waals surface area contributed by atoms with Crippen LogP contribution in [0.4, 0.5) is 0 Å². The van der Waals surface area contributed by atoms with Crippen LogP contribution in [-0.2, 0) is 13.1 Å². The van der Waals surface area contributed by atoms with Crippen molar-refractivity contribution in [1.82, 2.24) is 9.88 Å². The third kappa shape index (κ3) is 3.70. The van der Waals surface area contributed by atoms with E-state index in [4.69, 9.17) is 0 Å². The Balaban J connectivity index is 1.76. The van der Waals surface area contributed by atoms with E-state index in [1.165, 1.54) is 16.3 Å². The molecule has 0 bridgehead atoms. The highest BCUT2D eigenvalue weighted by atomic mass is 16.3. The third-order valence-electron chi connectivity index (χ3n) is 3.77. The summed E-state index contributed by atoms with van der Waals surface area (Å²) in [6.45, 7) is 2.43. The molecule has 3 rings (SSSR count). The van der Waals surface area contributed by atoms with E-state index < -0.39 is 0 Å². The molecule has 0 atom stereocenters. The first-order chi connectivity index (χ1) is 10.8. The fourth-order valence-electron chi connectivity index (χ4n) is 2.70. The van der Waals surface area contributed by atoms with Crippen LogP contribution >= 0.6 is 0 Å². The van der Waals surface area contributed by atoms with Gasteiger partial charge in [-0.05, 0) is 34.0 Å². The zero-order valence-corrected chi connectivity index (χ0v) is 12.5.